The van der Waals surface area contributed by atoms with E-state index < -0.39 is 0 Å². The minimum absolute atomic E-state index is 0.295. The van der Waals surface area contributed by atoms with Crippen molar-refractivity contribution in [3.8, 4) is 11.5 Å². The Hall–Kier alpha value is -0.750. The van der Waals surface area contributed by atoms with Crippen LogP contribution in [-0.2, 0) is 11.3 Å². The molecule has 1 heterocycles. The first-order valence-corrected chi connectivity index (χ1v) is 6.05. The first kappa shape index (κ1) is 11.7. The van der Waals surface area contributed by atoms with E-state index in [0.717, 1.165) is 26.2 Å². The van der Waals surface area contributed by atoms with Crippen molar-refractivity contribution in [1.29, 1.82) is 0 Å². The van der Waals surface area contributed by atoms with Crippen molar-refractivity contribution in [3.63, 3.8) is 0 Å². The van der Waals surface area contributed by atoms with Gasteiger partial charge < -0.3 is 14.2 Å². The quantitative estimate of drug-likeness (QED) is 0.626. The Kier molecular flexibility index (Phi) is 3.70. The predicted octanol–water partition coefficient (Wildman–Crippen LogP) is 3.11. The molecule has 0 saturated carbocycles. The standard InChI is InChI=1S/C12H13IO3/c1-8(2)5-14-6-9-10(13)3-4-11-12(9)16-7-15-11/h3-4H,1,5-7H2,2H3. The molecule has 1 aliphatic rings. The van der Waals surface area contributed by atoms with Gasteiger partial charge in [0.25, 0.3) is 0 Å². The molecule has 0 unspecified atom stereocenters. The maximum absolute atomic E-state index is 5.55. The average Bonchev–Trinajstić information content (AvgIpc) is 2.69. The highest BCUT2D eigenvalue weighted by Gasteiger charge is 2.19. The number of hydrogen-bond acceptors (Lipinski definition) is 3. The summed E-state index contributed by atoms with van der Waals surface area (Å²) in [5.41, 5.74) is 2.07. The van der Waals surface area contributed by atoms with Crippen molar-refractivity contribution in [2.24, 2.45) is 0 Å². The third-order valence-corrected chi connectivity index (χ3v) is 3.19. The van der Waals surface area contributed by atoms with E-state index in [1.165, 1.54) is 0 Å². The van der Waals surface area contributed by atoms with Crippen molar-refractivity contribution in [1.82, 2.24) is 0 Å². The fraction of sp³-hybridized carbons (Fsp3) is 0.333. The summed E-state index contributed by atoms with van der Waals surface area (Å²) in [7, 11) is 0. The maximum atomic E-state index is 5.55. The molecule has 3 nitrogen and oxygen atoms in total. The van der Waals surface area contributed by atoms with Gasteiger partial charge in [-0.2, -0.15) is 0 Å². The van der Waals surface area contributed by atoms with Crippen molar-refractivity contribution in [2.45, 2.75) is 13.5 Å². The Morgan fingerprint density at radius 2 is 2.31 bits per heavy atom. The molecule has 0 N–H and O–H groups in total. The molecule has 0 radical (unpaired) electrons. The van der Waals surface area contributed by atoms with Crippen LogP contribution in [0.5, 0.6) is 11.5 Å². The van der Waals surface area contributed by atoms with Gasteiger partial charge in [-0.1, -0.05) is 12.2 Å². The number of fused-ring (bicyclic) bond motifs is 1. The molecule has 1 aromatic rings. The van der Waals surface area contributed by atoms with E-state index >= 15 is 0 Å². The van der Waals surface area contributed by atoms with E-state index in [9.17, 15) is 0 Å². The van der Waals surface area contributed by atoms with Crippen molar-refractivity contribution in [2.75, 3.05) is 13.4 Å². The lowest BCUT2D eigenvalue weighted by molar-refractivity contribution is 0.136. The van der Waals surface area contributed by atoms with Crippen LogP contribution in [0.15, 0.2) is 24.3 Å². The van der Waals surface area contributed by atoms with E-state index in [-0.39, 0.29) is 0 Å². The van der Waals surface area contributed by atoms with Gasteiger partial charge in [0.05, 0.1) is 13.2 Å². The molecule has 0 aliphatic carbocycles. The zero-order chi connectivity index (χ0) is 11.5. The van der Waals surface area contributed by atoms with Crippen molar-refractivity contribution in [3.05, 3.63) is 33.4 Å². The minimum atomic E-state index is 0.295. The molecule has 0 bridgehead atoms. The third-order valence-electron chi connectivity index (χ3n) is 2.18. The molecule has 16 heavy (non-hydrogen) atoms. The highest BCUT2D eigenvalue weighted by Crippen LogP contribution is 2.38. The Balaban J connectivity index is 2.13. The molecule has 0 saturated heterocycles. The summed E-state index contributed by atoms with van der Waals surface area (Å²) in [5, 5.41) is 0. The van der Waals surface area contributed by atoms with Gasteiger partial charge in [0.1, 0.15) is 0 Å². The van der Waals surface area contributed by atoms with Gasteiger partial charge in [-0.15, -0.1) is 0 Å². The second-order valence-corrected chi connectivity index (χ2v) is 4.87. The number of halogens is 1. The summed E-state index contributed by atoms with van der Waals surface area (Å²) < 4.78 is 17.4. The summed E-state index contributed by atoms with van der Waals surface area (Å²) in [5.74, 6) is 1.61. The molecule has 0 spiro atoms. The van der Waals surface area contributed by atoms with Gasteiger partial charge >= 0.3 is 0 Å². The highest BCUT2D eigenvalue weighted by molar-refractivity contribution is 14.1. The molecule has 0 amide bonds. The maximum Gasteiger partial charge on any atom is 0.231 e. The van der Waals surface area contributed by atoms with Crippen LogP contribution >= 0.6 is 22.6 Å². The van der Waals surface area contributed by atoms with Crippen LogP contribution in [-0.4, -0.2) is 13.4 Å². The van der Waals surface area contributed by atoms with E-state index in [1.54, 1.807) is 0 Å². The first-order valence-electron chi connectivity index (χ1n) is 4.97. The second-order valence-electron chi connectivity index (χ2n) is 3.71. The summed E-state index contributed by atoms with van der Waals surface area (Å²) in [6, 6.07) is 3.93. The lowest BCUT2D eigenvalue weighted by Crippen LogP contribution is -2.00. The first-order chi connectivity index (χ1) is 7.68. The van der Waals surface area contributed by atoms with Crippen molar-refractivity contribution >= 4 is 22.6 Å². The van der Waals surface area contributed by atoms with E-state index in [4.69, 9.17) is 14.2 Å². The zero-order valence-corrected chi connectivity index (χ0v) is 11.2. The summed E-state index contributed by atoms with van der Waals surface area (Å²) in [4.78, 5) is 0. The van der Waals surface area contributed by atoms with E-state index in [0.29, 0.717) is 20.0 Å². The van der Waals surface area contributed by atoms with Crippen LogP contribution in [0.2, 0.25) is 0 Å². The molecule has 2 rings (SSSR count). The Bertz CT molecular complexity index is 415. The van der Waals surface area contributed by atoms with Crippen LogP contribution in [0, 0.1) is 3.57 Å². The summed E-state index contributed by atoms with van der Waals surface area (Å²) in [6.07, 6.45) is 0. The number of ether oxygens (including phenoxy) is 3. The molecule has 4 heteroatoms. The molecular weight excluding hydrogens is 319 g/mol. The van der Waals surface area contributed by atoms with Crippen LogP contribution in [0.25, 0.3) is 0 Å². The lowest BCUT2D eigenvalue weighted by atomic mass is 10.2. The molecule has 86 valence electrons. The highest BCUT2D eigenvalue weighted by atomic mass is 127. The summed E-state index contributed by atoms with van der Waals surface area (Å²) >= 11 is 2.27. The Morgan fingerprint density at radius 3 is 3.06 bits per heavy atom. The van der Waals surface area contributed by atoms with Crippen LogP contribution in [0.1, 0.15) is 12.5 Å². The van der Waals surface area contributed by atoms with Gasteiger partial charge in [0.2, 0.25) is 6.79 Å². The molecular formula is C12H13IO3. The topological polar surface area (TPSA) is 27.7 Å². The van der Waals surface area contributed by atoms with Crippen molar-refractivity contribution < 1.29 is 14.2 Å². The fourth-order valence-electron chi connectivity index (χ4n) is 1.47. The fourth-order valence-corrected chi connectivity index (χ4v) is 2.05. The van der Waals surface area contributed by atoms with E-state index in [2.05, 4.69) is 29.2 Å². The van der Waals surface area contributed by atoms with Gasteiger partial charge in [0, 0.05) is 9.13 Å². The molecule has 1 aromatic carbocycles. The van der Waals surface area contributed by atoms with Crippen LogP contribution in [0.3, 0.4) is 0 Å². The van der Waals surface area contributed by atoms with Crippen LogP contribution < -0.4 is 9.47 Å². The zero-order valence-electron chi connectivity index (χ0n) is 9.09. The molecule has 0 aromatic heterocycles. The molecule has 1 aliphatic heterocycles. The summed E-state index contributed by atoms with van der Waals surface area (Å²) in [6.45, 7) is 7.13. The Morgan fingerprint density at radius 1 is 1.50 bits per heavy atom. The second kappa shape index (κ2) is 5.05. The lowest BCUT2D eigenvalue weighted by Gasteiger charge is -2.09. The predicted molar refractivity (Wildman–Crippen MR) is 69.8 cm³/mol. The average molecular weight is 332 g/mol. The number of hydrogen-bond donors (Lipinski definition) is 0. The smallest absolute Gasteiger partial charge is 0.231 e. The van der Waals surface area contributed by atoms with Gasteiger partial charge in [-0.05, 0) is 41.6 Å². The normalized spacial score (nSPS) is 12.9. The largest absolute Gasteiger partial charge is 0.454 e. The van der Waals surface area contributed by atoms with Gasteiger partial charge in [-0.25, -0.2) is 0 Å². The van der Waals surface area contributed by atoms with Crippen LogP contribution in [0.4, 0.5) is 0 Å². The minimum Gasteiger partial charge on any atom is -0.454 e. The number of benzene rings is 1. The Labute approximate surface area is 109 Å². The van der Waals surface area contributed by atoms with E-state index in [1.807, 2.05) is 19.1 Å². The monoisotopic (exact) mass is 332 g/mol. The third kappa shape index (κ3) is 2.49. The van der Waals surface area contributed by atoms with Gasteiger partial charge in [-0.3, -0.25) is 0 Å². The molecule has 0 atom stereocenters. The number of rotatable bonds is 4. The SMILES string of the molecule is C=C(C)COCc1c(I)ccc2c1OCO2. The van der Waals surface area contributed by atoms with Gasteiger partial charge in [0.15, 0.2) is 11.5 Å². The molecule has 0 fully saturated rings.